The summed E-state index contributed by atoms with van der Waals surface area (Å²) in [5, 5.41) is 0. The summed E-state index contributed by atoms with van der Waals surface area (Å²) in [7, 11) is 0. The molecule has 4 rings (SSSR count). The molecule has 0 aromatic heterocycles. The predicted molar refractivity (Wildman–Crippen MR) is 83.6 cm³/mol. The van der Waals surface area contributed by atoms with Gasteiger partial charge in [-0.1, -0.05) is 30.3 Å². The van der Waals surface area contributed by atoms with Crippen LogP contribution in [0.4, 0.5) is 0 Å². The number of hydrogen-bond acceptors (Lipinski definition) is 3. The molecule has 3 nitrogen and oxygen atoms in total. The van der Waals surface area contributed by atoms with Crippen LogP contribution in [-0.2, 0) is 4.74 Å². The first-order valence-electron chi connectivity index (χ1n) is 7.11. The van der Waals surface area contributed by atoms with Crippen LogP contribution in [0.25, 0.3) is 11.6 Å². The van der Waals surface area contributed by atoms with Gasteiger partial charge >= 0.3 is 0 Å². The van der Waals surface area contributed by atoms with Crippen molar-refractivity contribution in [2.45, 2.75) is 0 Å². The molecule has 0 fully saturated rings. The van der Waals surface area contributed by atoms with Gasteiger partial charge in [0.2, 0.25) is 5.90 Å². The molecule has 2 heterocycles. The van der Waals surface area contributed by atoms with Gasteiger partial charge in [0.25, 0.3) is 0 Å². The third-order valence-electron chi connectivity index (χ3n) is 3.72. The number of benzene rings is 2. The highest BCUT2D eigenvalue weighted by Gasteiger charge is 2.14. The molecule has 3 heteroatoms. The number of rotatable bonds is 2. The standard InChI is InChI=1S/C18H15NO2/c1-2-4-17-15(3-1)11-16(12-21-17)13-5-7-14(8-6-13)18-19-9-10-20-18/h1-8,11H,9-10,12H2. The molecule has 2 aliphatic heterocycles. The van der Waals surface area contributed by atoms with E-state index in [-0.39, 0.29) is 0 Å². The van der Waals surface area contributed by atoms with Gasteiger partial charge in [0.15, 0.2) is 0 Å². The fourth-order valence-corrected chi connectivity index (χ4v) is 2.62. The van der Waals surface area contributed by atoms with Crippen LogP contribution in [0.2, 0.25) is 0 Å². The van der Waals surface area contributed by atoms with Gasteiger partial charge in [-0.25, -0.2) is 4.99 Å². The van der Waals surface area contributed by atoms with Crippen molar-refractivity contribution in [2.75, 3.05) is 19.8 Å². The van der Waals surface area contributed by atoms with Crippen LogP contribution in [0.5, 0.6) is 5.75 Å². The molecule has 2 aliphatic rings. The van der Waals surface area contributed by atoms with E-state index in [0.29, 0.717) is 13.2 Å². The van der Waals surface area contributed by atoms with E-state index in [1.54, 1.807) is 0 Å². The van der Waals surface area contributed by atoms with Gasteiger partial charge in [-0.2, -0.15) is 0 Å². The van der Waals surface area contributed by atoms with Gasteiger partial charge in [-0.3, -0.25) is 0 Å². The lowest BCUT2D eigenvalue weighted by Crippen LogP contribution is -2.07. The van der Waals surface area contributed by atoms with Crippen molar-refractivity contribution in [1.29, 1.82) is 0 Å². The number of para-hydroxylation sites is 1. The summed E-state index contributed by atoms with van der Waals surface area (Å²) in [6, 6.07) is 16.4. The summed E-state index contributed by atoms with van der Waals surface area (Å²) >= 11 is 0. The number of nitrogens with zero attached hydrogens (tertiary/aromatic N) is 1. The van der Waals surface area contributed by atoms with Gasteiger partial charge in [0, 0.05) is 11.1 Å². The number of fused-ring (bicyclic) bond motifs is 1. The van der Waals surface area contributed by atoms with Crippen molar-refractivity contribution in [1.82, 2.24) is 0 Å². The molecule has 0 amide bonds. The van der Waals surface area contributed by atoms with E-state index < -0.39 is 0 Å². The highest BCUT2D eigenvalue weighted by Crippen LogP contribution is 2.30. The zero-order valence-electron chi connectivity index (χ0n) is 11.6. The Hall–Kier alpha value is -2.55. The van der Waals surface area contributed by atoms with E-state index in [9.17, 15) is 0 Å². The third-order valence-corrected chi connectivity index (χ3v) is 3.72. The topological polar surface area (TPSA) is 30.8 Å². The minimum absolute atomic E-state index is 0.605. The molecule has 0 saturated carbocycles. The first-order chi connectivity index (χ1) is 10.4. The van der Waals surface area contributed by atoms with Gasteiger partial charge in [0.05, 0.1) is 6.54 Å². The first kappa shape index (κ1) is 12.2. The number of hydrogen-bond donors (Lipinski definition) is 0. The van der Waals surface area contributed by atoms with Crippen LogP contribution in [0.1, 0.15) is 16.7 Å². The average molecular weight is 277 g/mol. The van der Waals surface area contributed by atoms with E-state index in [4.69, 9.17) is 9.47 Å². The fraction of sp³-hybridized carbons (Fsp3) is 0.167. The van der Waals surface area contributed by atoms with Crippen molar-refractivity contribution < 1.29 is 9.47 Å². The molecule has 0 unspecified atom stereocenters. The maximum absolute atomic E-state index is 5.80. The van der Waals surface area contributed by atoms with Crippen molar-refractivity contribution in [2.24, 2.45) is 4.99 Å². The lowest BCUT2D eigenvalue weighted by molar-refractivity contribution is 0.348. The van der Waals surface area contributed by atoms with Crippen LogP contribution in [0, 0.1) is 0 Å². The maximum Gasteiger partial charge on any atom is 0.216 e. The Balaban J connectivity index is 1.64. The van der Waals surface area contributed by atoms with Crippen LogP contribution in [0.15, 0.2) is 53.5 Å². The smallest absolute Gasteiger partial charge is 0.216 e. The van der Waals surface area contributed by atoms with E-state index in [1.807, 2.05) is 18.2 Å². The number of aliphatic imine (C=N–C) groups is 1. The van der Waals surface area contributed by atoms with Gasteiger partial charge in [-0.15, -0.1) is 0 Å². The summed E-state index contributed by atoms with van der Waals surface area (Å²) in [5.74, 6) is 1.70. The quantitative estimate of drug-likeness (QED) is 0.842. The molecule has 0 N–H and O–H groups in total. The molecule has 104 valence electrons. The Morgan fingerprint density at radius 2 is 1.67 bits per heavy atom. The highest BCUT2D eigenvalue weighted by atomic mass is 16.5. The molecule has 2 aromatic rings. The average Bonchev–Trinajstić information content (AvgIpc) is 3.09. The molecule has 2 aromatic carbocycles. The van der Waals surface area contributed by atoms with E-state index >= 15 is 0 Å². The Kier molecular flexibility index (Phi) is 2.96. The Morgan fingerprint density at radius 3 is 2.48 bits per heavy atom. The van der Waals surface area contributed by atoms with Crippen molar-refractivity contribution in [3.63, 3.8) is 0 Å². The van der Waals surface area contributed by atoms with Gasteiger partial charge in [-0.05, 0) is 35.4 Å². The zero-order valence-corrected chi connectivity index (χ0v) is 11.6. The second kappa shape index (κ2) is 5.09. The summed E-state index contributed by atoms with van der Waals surface area (Å²) in [5.41, 5.74) is 4.53. The molecule has 0 aliphatic carbocycles. The molecule has 21 heavy (non-hydrogen) atoms. The normalized spacial score (nSPS) is 16.4. The van der Waals surface area contributed by atoms with Crippen LogP contribution in [0.3, 0.4) is 0 Å². The van der Waals surface area contributed by atoms with Crippen molar-refractivity contribution in [3.05, 3.63) is 65.2 Å². The van der Waals surface area contributed by atoms with Crippen LogP contribution < -0.4 is 4.74 Å². The molecule has 0 radical (unpaired) electrons. The summed E-state index contributed by atoms with van der Waals surface area (Å²) in [6.45, 7) is 2.05. The molecule has 0 spiro atoms. The lowest BCUT2D eigenvalue weighted by atomic mass is 10.00. The Morgan fingerprint density at radius 1 is 0.857 bits per heavy atom. The van der Waals surface area contributed by atoms with E-state index in [0.717, 1.165) is 29.3 Å². The van der Waals surface area contributed by atoms with Crippen LogP contribution in [-0.4, -0.2) is 25.7 Å². The first-order valence-corrected chi connectivity index (χ1v) is 7.11. The largest absolute Gasteiger partial charge is 0.488 e. The van der Waals surface area contributed by atoms with Gasteiger partial charge < -0.3 is 9.47 Å². The Labute approximate surface area is 123 Å². The van der Waals surface area contributed by atoms with Gasteiger partial charge in [0.1, 0.15) is 19.0 Å². The minimum Gasteiger partial charge on any atom is -0.488 e. The molecule has 0 bridgehead atoms. The Bertz CT molecular complexity index is 729. The monoisotopic (exact) mass is 277 g/mol. The molecule has 0 saturated heterocycles. The minimum atomic E-state index is 0.605. The number of ether oxygens (including phenoxy) is 2. The van der Waals surface area contributed by atoms with Crippen molar-refractivity contribution in [3.8, 4) is 5.75 Å². The lowest BCUT2D eigenvalue weighted by Gasteiger charge is -2.18. The predicted octanol–water partition coefficient (Wildman–Crippen LogP) is 3.40. The molecular weight excluding hydrogens is 262 g/mol. The van der Waals surface area contributed by atoms with Crippen molar-refractivity contribution >= 4 is 17.5 Å². The SMILES string of the molecule is C1=C(c2ccc(C3=NCCO3)cc2)COc2ccccc21. The van der Waals surface area contributed by atoms with Crippen LogP contribution >= 0.6 is 0 Å². The molecular formula is C18H15NO2. The zero-order chi connectivity index (χ0) is 14.1. The van der Waals surface area contributed by atoms with E-state index in [1.165, 1.54) is 11.1 Å². The second-order valence-electron chi connectivity index (χ2n) is 5.11. The summed E-state index contributed by atoms with van der Waals surface area (Å²) < 4.78 is 11.3. The fourth-order valence-electron chi connectivity index (χ4n) is 2.62. The summed E-state index contributed by atoms with van der Waals surface area (Å²) in [4.78, 5) is 4.33. The summed E-state index contributed by atoms with van der Waals surface area (Å²) in [6.07, 6.45) is 2.19. The third kappa shape index (κ3) is 2.31. The second-order valence-corrected chi connectivity index (χ2v) is 5.11. The molecule has 0 atom stereocenters. The van der Waals surface area contributed by atoms with E-state index in [2.05, 4.69) is 41.4 Å². The highest BCUT2D eigenvalue weighted by molar-refractivity contribution is 5.95. The maximum atomic E-state index is 5.80.